The van der Waals surface area contributed by atoms with E-state index in [-0.39, 0.29) is 0 Å². The molecule has 2 fully saturated rings. The van der Waals surface area contributed by atoms with Gasteiger partial charge in [0.05, 0.1) is 18.2 Å². The summed E-state index contributed by atoms with van der Waals surface area (Å²) >= 11 is 0. The maximum Gasteiger partial charge on any atom is 0.147 e. The zero-order chi connectivity index (χ0) is 19.1. The lowest BCUT2D eigenvalue weighted by atomic mass is 9.63. The van der Waals surface area contributed by atoms with Crippen LogP contribution in [0.4, 0.5) is 5.82 Å². The van der Waals surface area contributed by atoms with Gasteiger partial charge in [0.15, 0.2) is 0 Å². The number of nitrogens with zero attached hydrogens (tertiary/aromatic N) is 6. The smallest absolute Gasteiger partial charge is 0.147 e. The minimum Gasteiger partial charge on any atom is -0.497 e. The van der Waals surface area contributed by atoms with Crippen LogP contribution in [0, 0.1) is 22.7 Å². The van der Waals surface area contributed by atoms with Crippen molar-refractivity contribution in [2.24, 2.45) is 11.3 Å². The van der Waals surface area contributed by atoms with Crippen molar-refractivity contribution in [2.45, 2.75) is 25.8 Å². The van der Waals surface area contributed by atoms with E-state index in [1.807, 2.05) is 24.3 Å². The van der Waals surface area contributed by atoms with E-state index < -0.39 is 0 Å². The number of fused-ring (bicyclic) bond motifs is 1. The van der Waals surface area contributed by atoms with Gasteiger partial charge in [0.25, 0.3) is 0 Å². The predicted molar refractivity (Wildman–Crippen MR) is 105 cm³/mol. The normalized spacial score (nSPS) is 20.3. The third-order valence-electron chi connectivity index (χ3n) is 6.48. The number of benzene rings is 1. The predicted octanol–water partition coefficient (Wildman–Crippen LogP) is 3.01. The molecule has 1 saturated heterocycles. The van der Waals surface area contributed by atoms with Crippen LogP contribution in [-0.4, -0.2) is 39.9 Å². The number of hydrogen-bond acceptors (Lipinski definition) is 6. The zero-order valence-corrected chi connectivity index (χ0v) is 15.9. The van der Waals surface area contributed by atoms with Crippen LogP contribution in [0.25, 0.3) is 10.9 Å². The van der Waals surface area contributed by atoms with Crippen LogP contribution in [0.5, 0.6) is 5.75 Å². The first-order valence-electron chi connectivity index (χ1n) is 9.67. The van der Waals surface area contributed by atoms with Crippen LogP contribution in [0.2, 0.25) is 0 Å². The summed E-state index contributed by atoms with van der Waals surface area (Å²) < 4.78 is 7.37. The Kier molecular flexibility index (Phi) is 3.93. The molecule has 0 amide bonds. The number of rotatable bonds is 4. The highest BCUT2D eigenvalue weighted by Gasteiger charge is 2.50. The van der Waals surface area contributed by atoms with Crippen LogP contribution in [0.15, 0.2) is 36.9 Å². The third kappa shape index (κ3) is 2.68. The number of methoxy groups -OCH3 is 1. The molecule has 1 unspecified atom stereocenters. The maximum absolute atomic E-state index is 9.77. The quantitative estimate of drug-likeness (QED) is 0.698. The van der Waals surface area contributed by atoms with Crippen molar-refractivity contribution in [2.75, 3.05) is 25.1 Å². The average Bonchev–Trinajstić information content (AvgIpc) is 3.34. The maximum atomic E-state index is 9.77. The fourth-order valence-electron chi connectivity index (χ4n) is 4.81. The van der Waals surface area contributed by atoms with Crippen molar-refractivity contribution in [3.8, 4) is 11.8 Å². The van der Waals surface area contributed by atoms with Gasteiger partial charge in [-0.2, -0.15) is 5.26 Å². The van der Waals surface area contributed by atoms with E-state index in [1.165, 1.54) is 19.3 Å². The molecule has 0 bridgehead atoms. The average molecular weight is 374 g/mol. The fraction of sp³-hybridized carbons (Fsp3) is 0.429. The molecule has 7 heteroatoms. The van der Waals surface area contributed by atoms with Crippen molar-refractivity contribution < 1.29 is 4.74 Å². The highest BCUT2D eigenvalue weighted by atomic mass is 16.5. The van der Waals surface area contributed by atoms with Crippen molar-refractivity contribution in [1.29, 1.82) is 5.26 Å². The van der Waals surface area contributed by atoms with Gasteiger partial charge < -0.3 is 14.2 Å². The number of aromatic nitrogens is 4. The molecule has 3 aromatic rings. The van der Waals surface area contributed by atoms with Gasteiger partial charge >= 0.3 is 0 Å². The van der Waals surface area contributed by atoms with Crippen LogP contribution in [0.3, 0.4) is 0 Å². The summed E-state index contributed by atoms with van der Waals surface area (Å²) in [7, 11) is 1.65. The first kappa shape index (κ1) is 17.0. The van der Waals surface area contributed by atoms with Gasteiger partial charge in [-0.25, -0.2) is 4.98 Å². The molecule has 1 aromatic carbocycles. The lowest BCUT2D eigenvalue weighted by Gasteiger charge is -2.42. The minimum atomic E-state index is 0.313. The summed E-state index contributed by atoms with van der Waals surface area (Å²) in [5.74, 6) is 2.09. The summed E-state index contributed by atoms with van der Waals surface area (Å²) in [6.07, 6.45) is 7.34. The van der Waals surface area contributed by atoms with E-state index in [1.54, 1.807) is 19.8 Å². The molecule has 3 heterocycles. The molecule has 1 aliphatic carbocycles. The van der Waals surface area contributed by atoms with Gasteiger partial charge in [-0.15, -0.1) is 10.2 Å². The minimum absolute atomic E-state index is 0.313. The second-order valence-electron chi connectivity index (χ2n) is 7.98. The topological polar surface area (TPSA) is 79.9 Å². The zero-order valence-electron chi connectivity index (χ0n) is 15.9. The highest BCUT2D eigenvalue weighted by Crippen LogP contribution is 2.53. The lowest BCUT2D eigenvalue weighted by molar-refractivity contribution is 0.0878. The first-order chi connectivity index (χ1) is 13.7. The van der Waals surface area contributed by atoms with E-state index in [2.05, 4.69) is 25.7 Å². The van der Waals surface area contributed by atoms with E-state index in [9.17, 15) is 5.26 Å². The molecule has 142 valence electrons. The number of hydrogen-bond donors (Lipinski definition) is 0. The Labute approximate surface area is 163 Å². The fourth-order valence-corrected chi connectivity index (χ4v) is 4.81. The van der Waals surface area contributed by atoms with Gasteiger partial charge in [-0.3, -0.25) is 0 Å². The molecule has 0 N–H and O–H groups in total. The van der Waals surface area contributed by atoms with Crippen LogP contribution >= 0.6 is 0 Å². The van der Waals surface area contributed by atoms with E-state index in [0.717, 1.165) is 42.1 Å². The SMILES string of the molecule is COc1ccc2nc(N3CC(Cn4cnnc4)C4(CCC4)C3)c(C#N)cc2c1. The second kappa shape index (κ2) is 6.48. The first-order valence-corrected chi connectivity index (χ1v) is 9.67. The van der Waals surface area contributed by atoms with Crippen LogP contribution in [0.1, 0.15) is 24.8 Å². The molecule has 5 rings (SSSR count). The molecule has 1 spiro atoms. The highest BCUT2D eigenvalue weighted by molar-refractivity contribution is 5.84. The van der Waals surface area contributed by atoms with Crippen molar-refractivity contribution in [1.82, 2.24) is 19.7 Å². The number of ether oxygens (including phenoxy) is 1. The molecule has 2 aliphatic rings. The molecular weight excluding hydrogens is 352 g/mol. The number of nitriles is 1. The van der Waals surface area contributed by atoms with Crippen LogP contribution < -0.4 is 9.64 Å². The summed E-state index contributed by atoms with van der Waals surface area (Å²) in [4.78, 5) is 7.19. The molecule has 1 saturated carbocycles. The third-order valence-corrected chi connectivity index (χ3v) is 6.48. The molecule has 1 atom stereocenters. The Hall–Kier alpha value is -3.14. The van der Waals surface area contributed by atoms with Gasteiger partial charge in [0.1, 0.15) is 30.3 Å². The molecule has 28 heavy (non-hydrogen) atoms. The van der Waals surface area contributed by atoms with Crippen LogP contribution in [-0.2, 0) is 6.54 Å². The van der Waals surface area contributed by atoms with Crippen molar-refractivity contribution in [3.63, 3.8) is 0 Å². The largest absolute Gasteiger partial charge is 0.497 e. The Morgan fingerprint density at radius 1 is 1.25 bits per heavy atom. The Morgan fingerprint density at radius 2 is 2.07 bits per heavy atom. The van der Waals surface area contributed by atoms with E-state index in [0.29, 0.717) is 16.9 Å². The Bertz CT molecular complexity index is 1050. The molecular formula is C21H22N6O. The molecule has 1 aliphatic heterocycles. The van der Waals surface area contributed by atoms with Gasteiger partial charge in [-0.05, 0) is 42.5 Å². The monoisotopic (exact) mass is 374 g/mol. The summed E-state index contributed by atoms with van der Waals surface area (Å²) in [6.45, 7) is 2.78. The van der Waals surface area contributed by atoms with Gasteiger partial charge in [0, 0.05) is 30.9 Å². The van der Waals surface area contributed by atoms with Crippen molar-refractivity contribution in [3.05, 3.63) is 42.5 Å². The Balaban J connectivity index is 1.50. The summed E-state index contributed by atoms with van der Waals surface area (Å²) in [5, 5.41) is 18.6. The molecule has 7 nitrogen and oxygen atoms in total. The standard InChI is InChI=1S/C21H22N6O/c1-28-18-3-4-19-15(8-18)7-16(9-22)20(25-19)27-11-17(10-26-13-23-24-14-26)21(12-27)5-2-6-21/h3-4,7-8,13-14,17H,2,5-6,10-12H2,1H3. The Morgan fingerprint density at radius 3 is 2.75 bits per heavy atom. The summed E-state index contributed by atoms with van der Waals surface area (Å²) in [6, 6.07) is 10.1. The summed E-state index contributed by atoms with van der Waals surface area (Å²) in [5.41, 5.74) is 1.83. The second-order valence-corrected chi connectivity index (χ2v) is 7.98. The van der Waals surface area contributed by atoms with Crippen molar-refractivity contribution >= 4 is 16.7 Å². The molecule has 2 aromatic heterocycles. The van der Waals surface area contributed by atoms with Gasteiger partial charge in [0.2, 0.25) is 0 Å². The molecule has 0 radical (unpaired) electrons. The van der Waals surface area contributed by atoms with E-state index >= 15 is 0 Å². The number of pyridine rings is 1. The van der Waals surface area contributed by atoms with E-state index in [4.69, 9.17) is 9.72 Å². The van der Waals surface area contributed by atoms with Gasteiger partial charge in [-0.1, -0.05) is 6.42 Å². The lowest BCUT2D eigenvalue weighted by Crippen LogP contribution is -2.39. The number of anilines is 1.